The van der Waals surface area contributed by atoms with Gasteiger partial charge in [0.25, 0.3) is 0 Å². The van der Waals surface area contributed by atoms with Crippen molar-refractivity contribution in [1.82, 2.24) is 9.47 Å². The molecule has 2 heterocycles. The van der Waals surface area contributed by atoms with Gasteiger partial charge in [-0.3, -0.25) is 4.79 Å². The van der Waals surface area contributed by atoms with Gasteiger partial charge >= 0.3 is 0 Å². The number of halogens is 1. The third-order valence-corrected chi connectivity index (χ3v) is 5.33. The Morgan fingerprint density at radius 3 is 2.96 bits per heavy atom. The fraction of sp³-hybridized carbons (Fsp3) is 0.286. The molecule has 0 spiro atoms. The van der Waals surface area contributed by atoms with Gasteiger partial charge in [0.15, 0.2) is 0 Å². The highest BCUT2D eigenvalue weighted by atomic mass is 35.5. The Labute approximate surface area is 157 Å². The Morgan fingerprint density at radius 2 is 2.12 bits per heavy atom. The van der Waals surface area contributed by atoms with Crippen molar-refractivity contribution in [3.63, 3.8) is 0 Å². The van der Waals surface area contributed by atoms with Gasteiger partial charge in [0.2, 0.25) is 5.91 Å². The van der Waals surface area contributed by atoms with Gasteiger partial charge in [-0.05, 0) is 54.1 Å². The molecular formula is C21H21ClN2O2. The minimum Gasteiger partial charge on any atom is -0.497 e. The highest BCUT2D eigenvalue weighted by Gasteiger charge is 2.30. The van der Waals surface area contributed by atoms with Crippen LogP contribution in [-0.2, 0) is 11.3 Å². The van der Waals surface area contributed by atoms with Crippen molar-refractivity contribution >= 4 is 28.4 Å². The molecule has 26 heavy (non-hydrogen) atoms. The molecule has 5 heteroatoms. The van der Waals surface area contributed by atoms with Crippen molar-refractivity contribution in [2.24, 2.45) is 0 Å². The molecular weight excluding hydrogens is 348 g/mol. The number of ether oxygens (including phenoxy) is 1. The van der Waals surface area contributed by atoms with Crippen molar-refractivity contribution < 1.29 is 9.53 Å². The van der Waals surface area contributed by atoms with Gasteiger partial charge in [-0.2, -0.15) is 0 Å². The first-order valence-corrected chi connectivity index (χ1v) is 9.21. The van der Waals surface area contributed by atoms with E-state index in [9.17, 15) is 4.79 Å². The van der Waals surface area contributed by atoms with E-state index in [1.807, 2.05) is 58.1 Å². The van der Waals surface area contributed by atoms with E-state index in [1.165, 1.54) is 0 Å². The Bertz CT molecular complexity index is 950. The lowest BCUT2D eigenvalue weighted by molar-refractivity contribution is -0.132. The van der Waals surface area contributed by atoms with Crippen LogP contribution in [-0.4, -0.2) is 29.0 Å². The van der Waals surface area contributed by atoms with E-state index >= 15 is 0 Å². The van der Waals surface area contributed by atoms with E-state index in [4.69, 9.17) is 16.3 Å². The van der Waals surface area contributed by atoms with Crippen molar-refractivity contribution in [2.45, 2.75) is 25.4 Å². The molecule has 134 valence electrons. The number of aromatic nitrogens is 1. The van der Waals surface area contributed by atoms with Crippen LogP contribution in [0.25, 0.3) is 10.9 Å². The first kappa shape index (κ1) is 17.0. The Balaban J connectivity index is 1.57. The van der Waals surface area contributed by atoms with Crippen molar-refractivity contribution in [1.29, 1.82) is 0 Å². The first-order chi connectivity index (χ1) is 12.7. The van der Waals surface area contributed by atoms with Gasteiger partial charge in [0.05, 0.1) is 13.2 Å². The predicted molar refractivity (Wildman–Crippen MR) is 104 cm³/mol. The summed E-state index contributed by atoms with van der Waals surface area (Å²) >= 11 is 6.12. The topological polar surface area (TPSA) is 34.5 Å². The molecule has 1 amide bonds. The van der Waals surface area contributed by atoms with E-state index in [0.29, 0.717) is 11.6 Å². The summed E-state index contributed by atoms with van der Waals surface area (Å²) in [5.41, 5.74) is 2.12. The fourth-order valence-electron chi connectivity index (χ4n) is 3.79. The summed E-state index contributed by atoms with van der Waals surface area (Å²) in [5.74, 6) is 0.959. The number of carbonyl (C=O) groups excluding carboxylic acids is 1. The molecule has 1 aliphatic heterocycles. The molecule has 1 aliphatic rings. The molecule has 4 nitrogen and oxygen atoms in total. The second-order valence-electron chi connectivity index (χ2n) is 6.67. The van der Waals surface area contributed by atoms with Crippen LogP contribution >= 0.6 is 11.6 Å². The third-order valence-electron chi connectivity index (χ3n) is 5.09. The number of hydrogen-bond donors (Lipinski definition) is 0. The summed E-state index contributed by atoms with van der Waals surface area (Å²) in [7, 11) is 1.67. The quantitative estimate of drug-likeness (QED) is 0.670. The van der Waals surface area contributed by atoms with Crippen LogP contribution < -0.4 is 4.74 Å². The van der Waals surface area contributed by atoms with Crippen LogP contribution in [0.15, 0.2) is 54.7 Å². The van der Waals surface area contributed by atoms with Gasteiger partial charge in [-0.1, -0.05) is 29.8 Å². The zero-order valence-corrected chi connectivity index (χ0v) is 15.4. The molecule has 4 rings (SSSR count). The molecule has 1 aromatic heterocycles. The van der Waals surface area contributed by atoms with Gasteiger partial charge in [-0.25, -0.2) is 0 Å². The largest absolute Gasteiger partial charge is 0.497 e. The molecule has 1 fully saturated rings. The van der Waals surface area contributed by atoms with E-state index in [2.05, 4.69) is 6.07 Å². The lowest BCUT2D eigenvalue weighted by Crippen LogP contribution is -2.33. The van der Waals surface area contributed by atoms with Gasteiger partial charge in [0, 0.05) is 23.3 Å². The maximum atomic E-state index is 13.0. The monoisotopic (exact) mass is 368 g/mol. The average Bonchev–Trinajstić information content (AvgIpc) is 3.29. The molecule has 0 bridgehead atoms. The molecule has 1 atom stereocenters. The standard InChI is InChI=1S/C21H21ClN2O2/c1-26-18-5-2-4-16(12-18)19-6-3-10-24(19)21(25)14-23-11-9-15-7-8-17(22)13-20(15)23/h2,4-5,7-9,11-13,19H,3,6,10,14H2,1H3. The minimum atomic E-state index is 0.114. The number of benzene rings is 2. The van der Waals surface area contributed by atoms with Crippen LogP contribution in [0.2, 0.25) is 5.02 Å². The van der Waals surface area contributed by atoms with Crippen LogP contribution in [0.1, 0.15) is 24.4 Å². The molecule has 0 N–H and O–H groups in total. The second-order valence-corrected chi connectivity index (χ2v) is 7.10. The molecule has 3 aromatic rings. The smallest absolute Gasteiger partial charge is 0.243 e. The van der Waals surface area contributed by atoms with Crippen LogP contribution in [0, 0.1) is 0 Å². The summed E-state index contributed by atoms with van der Waals surface area (Å²) in [4.78, 5) is 15.0. The summed E-state index contributed by atoms with van der Waals surface area (Å²) < 4.78 is 7.31. The lowest BCUT2D eigenvalue weighted by atomic mass is 10.0. The zero-order valence-electron chi connectivity index (χ0n) is 14.7. The minimum absolute atomic E-state index is 0.114. The van der Waals surface area contributed by atoms with Crippen molar-refractivity contribution in [3.8, 4) is 5.75 Å². The number of fused-ring (bicyclic) bond motifs is 1. The average molecular weight is 369 g/mol. The van der Waals surface area contributed by atoms with Crippen molar-refractivity contribution in [3.05, 3.63) is 65.3 Å². The number of rotatable bonds is 4. The van der Waals surface area contributed by atoms with Crippen molar-refractivity contribution in [2.75, 3.05) is 13.7 Å². The number of carbonyl (C=O) groups is 1. The summed E-state index contributed by atoms with van der Waals surface area (Å²) in [6, 6.07) is 15.9. The molecule has 1 saturated heterocycles. The summed E-state index contributed by atoms with van der Waals surface area (Å²) in [6.45, 7) is 1.12. The number of likely N-dealkylation sites (tertiary alicyclic amines) is 1. The highest BCUT2D eigenvalue weighted by molar-refractivity contribution is 6.31. The number of hydrogen-bond acceptors (Lipinski definition) is 2. The molecule has 2 aromatic carbocycles. The van der Waals surface area contributed by atoms with Gasteiger partial charge < -0.3 is 14.2 Å². The molecule has 0 aliphatic carbocycles. The number of nitrogens with zero attached hydrogens (tertiary/aromatic N) is 2. The van der Waals surface area contributed by atoms with E-state index in [0.717, 1.165) is 41.6 Å². The van der Waals surface area contributed by atoms with E-state index < -0.39 is 0 Å². The second kappa shape index (κ2) is 7.04. The molecule has 0 saturated carbocycles. The Morgan fingerprint density at radius 1 is 1.23 bits per heavy atom. The summed E-state index contributed by atoms with van der Waals surface area (Å²) in [6.07, 6.45) is 3.96. The maximum Gasteiger partial charge on any atom is 0.243 e. The fourth-order valence-corrected chi connectivity index (χ4v) is 3.96. The first-order valence-electron chi connectivity index (χ1n) is 8.83. The van der Waals surface area contributed by atoms with Gasteiger partial charge in [0.1, 0.15) is 12.3 Å². The predicted octanol–water partition coefficient (Wildman–Crippen LogP) is 4.67. The van der Waals surface area contributed by atoms with E-state index in [-0.39, 0.29) is 11.9 Å². The third kappa shape index (κ3) is 3.17. The van der Waals surface area contributed by atoms with Crippen LogP contribution in [0.4, 0.5) is 0 Å². The van der Waals surface area contributed by atoms with Gasteiger partial charge in [-0.15, -0.1) is 0 Å². The van der Waals surface area contributed by atoms with Crippen LogP contribution in [0.5, 0.6) is 5.75 Å². The lowest BCUT2D eigenvalue weighted by Gasteiger charge is -2.26. The Hall–Kier alpha value is -2.46. The number of methoxy groups -OCH3 is 1. The SMILES string of the molecule is COc1cccc(C2CCCN2C(=O)Cn2ccc3ccc(Cl)cc32)c1. The highest BCUT2D eigenvalue weighted by Crippen LogP contribution is 2.34. The normalized spacial score (nSPS) is 17.0. The van der Waals surface area contributed by atoms with Crippen LogP contribution in [0.3, 0.4) is 0 Å². The van der Waals surface area contributed by atoms with E-state index in [1.54, 1.807) is 7.11 Å². The zero-order chi connectivity index (χ0) is 18.1. The summed E-state index contributed by atoms with van der Waals surface area (Å²) in [5, 5.41) is 1.77. The Kier molecular flexibility index (Phi) is 4.60. The molecule has 0 radical (unpaired) electrons. The molecule has 1 unspecified atom stereocenters. The number of amides is 1. The maximum absolute atomic E-state index is 13.0.